The first-order valence-corrected chi connectivity index (χ1v) is 5.48. The van der Waals surface area contributed by atoms with Crippen molar-refractivity contribution in [3.8, 4) is 0 Å². The van der Waals surface area contributed by atoms with Crippen molar-refractivity contribution in [3.63, 3.8) is 0 Å². The van der Waals surface area contributed by atoms with E-state index in [1.807, 2.05) is 6.20 Å². The van der Waals surface area contributed by atoms with Crippen molar-refractivity contribution in [1.29, 1.82) is 0 Å². The number of nitrogens with one attached hydrogen (secondary N) is 1. The van der Waals surface area contributed by atoms with E-state index in [9.17, 15) is 0 Å². The Balaban J connectivity index is 2.10. The van der Waals surface area contributed by atoms with Crippen LogP contribution in [0.3, 0.4) is 0 Å². The fourth-order valence-corrected chi connectivity index (χ4v) is 1.97. The minimum absolute atomic E-state index is 0.613. The number of pyridine rings is 1. The van der Waals surface area contributed by atoms with E-state index in [0.29, 0.717) is 5.92 Å². The molecule has 0 amide bonds. The molecular weight excluding hydrogens is 228 g/mol. The maximum Gasteiger partial charge on any atom is 0.0448 e. The fraction of sp³-hybridized carbons (Fsp3) is 0.500. The van der Waals surface area contributed by atoms with Crippen LogP contribution in [0.2, 0.25) is 0 Å². The van der Waals surface area contributed by atoms with Gasteiger partial charge in [-0.1, -0.05) is 0 Å². The number of piperidine rings is 1. The first kappa shape index (κ1) is 9.16. The summed E-state index contributed by atoms with van der Waals surface area (Å²) in [4.78, 5) is 4.42. The van der Waals surface area contributed by atoms with Gasteiger partial charge in [-0.2, -0.15) is 0 Å². The smallest absolute Gasteiger partial charge is 0.0448 e. The molecule has 0 spiro atoms. The van der Waals surface area contributed by atoms with Crippen molar-refractivity contribution in [2.24, 2.45) is 0 Å². The monoisotopic (exact) mass is 240 g/mol. The van der Waals surface area contributed by atoms with E-state index in [0.717, 1.165) is 17.6 Å². The van der Waals surface area contributed by atoms with Gasteiger partial charge in [0.1, 0.15) is 0 Å². The van der Waals surface area contributed by atoms with Gasteiger partial charge in [0.05, 0.1) is 0 Å². The quantitative estimate of drug-likeness (QED) is 0.816. The molecule has 2 rings (SSSR count). The highest BCUT2D eigenvalue weighted by molar-refractivity contribution is 9.10. The maximum absolute atomic E-state index is 4.42. The van der Waals surface area contributed by atoms with Gasteiger partial charge in [0.2, 0.25) is 0 Å². The van der Waals surface area contributed by atoms with E-state index in [4.69, 9.17) is 0 Å². The summed E-state index contributed by atoms with van der Waals surface area (Å²) in [5, 5.41) is 3.40. The van der Waals surface area contributed by atoms with Gasteiger partial charge in [-0.15, -0.1) is 0 Å². The van der Waals surface area contributed by atoms with Gasteiger partial charge >= 0.3 is 0 Å². The third-order valence-electron chi connectivity index (χ3n) is 2.47. The number of rotatable bonds is 1. The lowest BCUT2D eigenvalue weighted by atomic mass is 9.96. The van der Waals surface area contributed by atoms with Crippen LogP contribution in [-0.4, -0.2) is 18.1 Å². The number of halogens is 1. The SMILES string of the molecule is Brc1ccc([C@H]2CCCNC2)nc1. The summed E-state index contributed by atoms with van der Waals surface area (Å²) < 4.78 is 1.06. The molecule has 1 saturated heterocycles. The largest absolute Gasteiger partial charge is 0.316 e. The summed E-state index contributed by atoms with van der Waals surface area (Å²) in [5.41, 5.74) is 1.22. The van der Waals surface area contributed by atoms with Crippen LogP contribution >= 0.6 is 15.9 Å². The summed E-state index contributed by atoms with van der Waals surface area (Å²) in [6.45, 7) is 2.24. The van der Waals surface area contributed by atoms with E-state index in [-0.39, 0.29) is 0 Å². The summed E-state index contributed by atoms with van der Waals surface area (Å²) in [6.07, 6.45) is 4.41. The van der Waals surface area contributed by atoms with Gasteiger partial charge in [-0.3, -0.25) is 4.98 Å². The summed E-state index contributed by atoms with van der Waals surface area (Å²) in [7, 11) is 0. The minimum Gasteiger partial charge on any atom is -0.316 e. The summed E-state index contributed by atoms with van der Waals surface area (Å²) in [6, 6.07) is 4.18. The number of hydrogen-bond acceptors (Lipinski definition) is 2. The molecule has 3 heteroatoms. The molecule has 2 heterocycles. The third kappa shape index (κ3) is 2.29. The Labute approximate surface area is 86.9 Å². The number of hydrogen-bond donors (Lipinski definition) is 1. The van der Waals surface area contributed by atoms with Crippen LogP contribution in [0.25, 0.3) is 0 Å². The molecule has 2 nitrogen and oxygen atoms in total. The lowest BCUT2D eigenvalue weighted by Gasteiger charge is -2.21. The van der Waals surface area contributed by atoms with Crippen molar-refractivity contribution >= 4 is 15.9 Å². The zero-order chi connectivity index (χ0) is 9.10. The molecule has 1 fully saturated rings. The van der Waals surface area contributed by atoms with Crippen molar-refractivity contribution in [2.45, 2.75) is 18.8 Å². The molecule has 0 aromatic carbocycles. The van der Waals surface area contributed by atoms with Crippen LogP contribution in [0.1, 0.15) is 24.5 Å². The molecule has 0 bridgehead atoms. The Morgan fingerprint density at radius 3 is 3.00 bits per heavy atom. The van der Waals surface area contributed by atoms with Gasteiger partial charge < -0.3 is 5.32 Å². The molecule has 0 unspecified atom stereocenters. The van der Waals surface area contributed by atoms with Crippen molar-refractivity contribution in [3.05, 3.63) is 28.5 Å². The second kappa shape index (κ2) is 4.20. The van der Waals surface area contributed by atoms with Crippen LogP contribution in [0, 0.1) is 0 Å². The maximum atomic E-state index is 4.42. The van der Waals surface area contributed by atoms with Gasteiger partial charge in [-0.05, 0) is 47.4 Å². The van der Waals surface area contributed by atoms with Crippen LogP contribution in [0.15, 0.2) is 22.8 Å². The Bertz CT molecular complexity index is 265. The first-order valence-electron chi connectivity index (χ1n) is 4.68. The standard InChI is InChI=1S/C10H13BrN2/c11-9-3-4-10(13-7-9)8-2-1-5-12-6-8/h3-4,7-8,12H,1-2,5-6H2/t8-/m0/s1. The average molecular weight is 241 g/mol. The lowest BCUT2D eigenvalue weighted by Crippen LogP contribution is -2.28. The molecule has 13 heavy (non-hydrogen) atoms. The van der Waals surface area contributed by atoms with Crippen molar-refractivity contribution < 1.29 is 0 Å². The highest BCUT2D eigenvalue weighted by Gasteiger charge is 2.15. The molecule has 0 saturated carbocycles. The molecule has 0 radical (unpaired) electrons. The first-order chi connectivity index (χ1) is 6.36. The predicted octanol–water partition coefficient (Wildman–Crippen LogP) is 2.31. The van der Waals surface area contributed by atoms with Crippen molar-refractivity contribution in [2.75, 3.05) is 13.1 Å². The molecule has 70 valence electrons. The van der Waals surface area contributed by atoms with Gasteiger partial charge in [0.25, 0.3) is 0 Å². The fourth-order valence-electron chi connectivity index (χ4n) is 1.73. The average Bonchev–Trinajstić information content (AvgIpc) is 2.20. The predicted molar refractivity (Wildman–Crippen MR) is 56.8 cm³/mol. The van der Waals surface area contributed by atoms with Gasteiger partial charge in [-0.25, -0.2) is 0 Å². The Kier molecular flexibility index (Phi) is 2.96. The van der Waals surface area contributed by atoms with E-state index in [2.05, 4.69) is 38.4 Å². The van der Waals surface area contributed by atoms with E-state index in [1.165, 1.54) is 18.5 Å². The number of aromatic nitrogens is 1. The third-order valence-corrected chi connectivity index (χ3v) is 2.93. The van der Waals surface area contributed by atoms with Crippen LogP contribution in [0.4, 0.5) is 0 Å². The van der Waals surface area contributed by atoms with E-state index in [1.54, 1.807) is 0 Å². The molecule has 1 aromatic rings. The zero-order valence-electron chi connectivity index (χ0n) is 7.46. The Morgan fingerprint density at radius 2 is 2.38 bits per heavy atom. The number of nitrogens with zero attached hydrogens (tertiary/aromatic N) is 1. The normalized spacial score (nSPS) is 23.0. The second-order valence-electron chi connectivity index (χ2n) is 3.44. The molecular formula is C10H13BrN2. The highest BCUT2D eigenvalue weighted by Crippen LogP contribution is 2.22. The minimum atomic E-state index is 0.613. The highest BCUT2D eigenvalue weighted by atomic mass is 79.9. The molecule has 1 aliphatic rings. The zero-order valence-corrected chi connectivity index (χ0v) is 9.05. The molecule has 1 atom stereocenters. The molecule has 1 aromatic heterocycles. The molecule has 1 N–H and O–H groups in total. The van der Waals surface area contributed by atoms with Crippen LogP contribution in [0.5, 0.6) is 0 Å². The van der Waals surface area contributed by atoms with E-state index >= 15 is 0 Å². The van der Waals surface area contributed by atoms with Crippen LogP contribution in [-0.2, 0) is 0 Å². The molecule has 1 aliphatic heterocycles. The Morgan fingerprint density at radius 1 is 1.46 bits per heavy atom. The topological polar surface area (TPSA) is 24.9 Å². The van der Waals surface area contributed by atoms with Gasteiger partial charge in [0.15, 0.2) is 0 Å². The molecule has 0 aliphatic carbocycles. The summed E-state index contributed by atoms with van der Waals surface area (Å²) >= 11 is 3.39. The second-order valence-corrected chi connectivity index (χ2v) is 4.36. The van der Waals surface area contributed by atoms with E-state index < -0.39 is 0 Å². The summed E-state index contributed by atoms with van der Waals surface area (Å²) in [5.74, 6) is 0.613. The Hall–Kier alpha value is -0.410. The lowest BCUT2D eigenvalue weighted by molar-refractivity contribution is 0.454. The van der Waals surface area contributed by atoms with Gasteiger partial charge in [0, 0.05) is 28.8 Å². The van der Waals surface area contributed by atoms with Crippen LogP contribution < -0.4 is 5.32 Å². The van der Waals surface area contributed by atoms with Crippen molar-refractivity contribution in [1.82, 2.24) is 10.3 Å².